The molecule has 0 aromatic heterocycles. The van der Waals surface area contributed by atoms with Crippen LogP contribution in [-0.4, -0.2) is 71.8 Å². The van der Waals surface area contributed by atoms with E-state index in [4.69, 9.17) is 0 Å². The van der Waals surface area contributed by atoms with E-state index in [1.165, 1.54) is 6.42 Å². The van der Waals surface area contributed by atoms with Gasteiger partial charge >= 0.3 is 0 Å². The van der Waals surface area contributed by atoms with E-state index in [2.05, 4.69) is 21.9 Å². The summed E-state index contributed by atoms with van der Waals surface area (Å²) >= 11 is 0. The van der Waals surface area contributed by atoms with E-state index in [9.17, 15) is 9.59 Å². The average Bonchev–Trinajstić information content (AvgIpc) is 2.72. The molecular weight excluding hydrogens is 374 g/mol. The van der Waals surface area contributed by atoms with Gasteiger partial charge in [0.2, 0.25) is 5.91 Å². The topological polar surface area (TPSA) is 43.9 Å². The van der Waals surface area contributed by atoms with Crippen LogP contribution in [0.4, 0.5) is 0 Å². The fraction of sp³-hybridized carbons (Fsp3) is 0.440. The summed E-state index contributed by atoms with van der Waals surface area (Å²) in [5.74, 6) is 0.775. The standard InChI is InChI=1S/C25H29N3O2/c29-24(21-7-4-8-21)27-15-13-26(14-16-27)23-17-28(18-23)25(30)22-11-9-20(10-12-22)19-5-2-1-3-6-19/h1-3,5-6,9-12,21,23H,4,7-8,13-18H2. The van der Waals surface area contributed by atoms with Crippen molar-refractivity contribution in [2.24, 2.45) is 5.92 Å². The highest BCUT2D eigenvalue weighted by atomic mass is 16.2. The Labute approximate surface area is 178 Å². The second-order valence-corrected chi connectivity index (χ2v) is 8.80. The van der Waals surface area contributed by atoms with E-state index in [1.807, 2.05) is 47.4 Å². The maximum Gasteiger partial charge on any atom is 0.253 e. The van der Waals surface area contributed by atoms with Crippen molar-refractivity contribution in [3.63, 3.8) is 0 Å². The Morgan fingerprint density at radius 2 is 1.37 bits per heavy atom. The van der Waals surface area contributed by atoms with Crippen molar-refractivity contribution in [2.45, 2.75) is 25.3 Å². The molecule has 2 saturated heterocycles. The van der Waals surface area contributed by atoms with Crippen LogP contribution in [0, 0.1) is 5.92 Å². The first-order valence-corrected chi connectivity index (χ1v) is 11.2. The van der Waals surface area contributed by atoms with Crippen molar-refractivity contribution >= 4 is 11.8 Å². The molecule has 2 aromatic rings. The van der Waals surface area contributed by atoms with E-state index in [0.717, 1.165) is 68.8 Å². The zero-order valence-electron chi connectivity index (χ0n) is 17.4. The quantitative estimate of drug-likeness (QED) is 0.788. The van der Waals surface area contributed by atoms with E-state index in [1.54, 1.807) is 0 Å². The lowest BCUT2D eigenvalue weighted by atomic mass is 9.84. The molecule has 0 bridgehead atoms. The minimum Gasteiger partial charge on any atom is -0.340 e. The number of rotatable bonds is 4. The molecule has 0 radical (unpaired) electrons. The summed E-state index contributed by atoms with van der Waals surface area (Å²) < 4.78 is 0. The summed E-state index contributed by atoms with van der Waals surface area (Å²) in [6, 6.07) is 18.6. The van der Waals surface area contributed by atoms with Crippen molar-refractivity contribution < 1.29 is 9.59 Å². The van der Waals surface area contributed by atoms with Crippen molar-refractivity contribution in [3.8, 4) is 11.1 Å². The minimum atomic E-state index is 0.115. The largest absolute Gasteiger partial charge is 0.340 e. The van der Waals surface area contributed by atoms with Gasteiger partial charge in [-0.25, -0.2) is 0 Å². The maximum atomic E-state index is 12.8. The van der Waals surface area contributed by atoms with Crippen molar-refractivity contribution in [1.82, 2.24) is 14.7 Å². The summed E-state index contributed by atoms with van der Waals surface area (Å²) in [5.41, 5.74) is 3.04. The molecule has 0 unspecified atom stereocenters. The van der Waals surface area contributed by atoms with Gasteiger partial charge in [-0.1, -0.05) is 48.9 Å². The van der Waals surface area contributed by atoms with Crippen molar-refractivity contribution in [1.29, 1.82) is 0 Å². The van der Waals surface area contributed by atoms with Crippen LogP contribution in [0.25, 0.3) is 11.1 Å². The molecule has 30 heavy (non-hydrogen) atoms. The normalized spacial score (nSPS) is 20.5. The summed E-state index contributed by atoms with van der Waals surface area (Å²) in [5, 5.41) is 0. The van der Waals surface area contributed by atoms with Crippen LogP contribution in [0.2, 0.25) is 0 Å². The molecule has 2 amide bonds. The smallest absolute Gasteiger partial charge is 0.253 e. The summed E-state index contributed by atoms with van der Waals surface area (Å²) in [6.07, 6.45) is 3.35. The Bertz CT molecular complexity index is 894. The van der Waals surface area contributed by atoms with Gasteiger partial charge in [-0.2, -0.15) is 0 Å². The number of hydrogen-bond acceptors (Lipinski definition) is 3. The second kappa shape index (κ2) is 8.23. The van der Waals surface area contributed by atoms with E-state index in [-0.39, 0.29) is 5.91 Å². The Balaban J connectivity index is 1.11. The molecule has 0 N–H and O–H groups in total. The molecule has 2 aliphatic heterocycles. The molecule has 5 nitrogen and oxygen atoms in total. The van der Waals surface area contributed by atoms with Gasteiger partial charge in [-0.05, 0) is 36.1 Å². The highest BCUT2D eigenvalue weighted by molar-refractivity contribution is 5.95. The first-order chi connectivity index (χ1) is 14.7. The van der Waals surface area contributed by atoms with Gasteiger partial charge in [0.05, 0.1) is 0 Å². The highest BCUT2D eigenvalue weighted by Crippen LogP contribution is 2.29. The van der Waals surface area contributed by atoms with Gasteiger partial charge < -0.3 is 9.80 Å². The molecule has 5 rings (SSSR count). The van der Waals surface area contributed by atoms with Gasteiger partial charge in [-0.15, -0.1) is 0 Å². The van der Waals surface area contributed by atoms with Crippen LogP contribution >= 0.6 is 0 Å². The Hall–Kier alpha value is -2.66. The molecule has 5 heteroatoms. The number of benzene rings is 2. The van der Waals surface area contributed by atoms with Crippen LogP contribution in [-0.2, 0) is 4.79 Å². The molecule has 156 valence electrons. The first-order valence-electron chi connectivity index (χ1n) is 11.2. The fourth-order valence-corrected chi connectivity index (χ4v) is 4.69. The lowest BCUT2D eigenvalue weighted by molar-refractivity contribution is -0.140. The lowest BCUT2D eigenvalue weighted by Gasteiger charge is -2.48. The van der Waals surface area contributed by atoms with E-state index < -0.39 is 0 Å². The zero-order chi connectivity index (χ0) is 20.5. The van der Waals surface area contributed by atoms with Crippen molar-refractivity contribution in [2.75, 3.05) is 39.3 Å². The molecule has 2 heterocycles. The van der Waals surface area contributed by atoms with Gasteiger partial charge in [-0.3, -0.25) is 14.5 Å². The number of likely N-dealkylation sites (tertiary alicyclic amines) is 1. The summed E-state index contributed by atoms with van der Waals surface area (Å²) in [7, 11) is 0. The van der Waals surface area contributed by atoms with Crippen LogP contribution in [0.3, 0.4) is 0 Å². The number of carbonyl (C=O) groups excluding carboxylic acids is 2. The van der Waals surface area contributed by atoms with Crippen LogP contribution < -0.4 is 0 Å². The maximum absolute atomic E-state index is 12.8. The molecule has 0 spiro atoms. The molecule has 2 aromatic carbocycles. The molecule has 1 saturated carbocycles. The number of nitrogens with zero attached hydrogens (tertiary/aromatic N) is 3. The molecule has 3 aliphatic rings. The Morgan fingerprint density at radius 3 is 1.97 bits per heavy atom. The number of hydrogen-bond donors (Lipinski definition) is 0. The van der Waals surface area contributed by atoms with Gasteiger partial charge in [0.15, 0.2) is 0 Å². The Kier molecular flexibility index (Phi) is 5.30. The van der Waals surface area contributed by atoms with Gasteiger partial charge in [0.1, 0.15) is 0 Å². The predicted octanol–water partition coefficient (Wildman–Crippen LogP) is 3.12. The van der Waals surface area contributed by atoms with Gasteiger partial charge in [0.25, 0.3) is 5.91 Å². The SMILES string of the molecule is O=C(c1ccc(-c2ccccc2)cc1)N1CC(N2CCN(C(=O)C3CCC3)CC2)C1. The van der Waals surface area contributed by atoms with Crippen LogP contribution in [0.1, 0.15) is 29.6 Å². The average molecular weight is 404 g/mol. The van der Waals surface area contributed by atoms with E-state index in [0.29, 0.717) is 17.9 Å². The molecule has 3 fully saturated rings. The second-order valence-electron chi connectivity index (χ2n) is 8.80. The lowest BCUT2D eigenvalue weighted by Crippen LogP contribution is -2.64. The molecular formula is C25H29N3O2. The first kappa shape index (κ1) is 19.3. The van der Waals surface area contributed by atoms with Gasteiger partial charge in [0, 0.05) is 56.8 Å². The van der Waals surface area contributed by atoms with Crippen LogP contribution in [0.5, 0.6) is 0 Å². The summed E-state index contributed by atoms with van der Waals surface area (Å²) in [6.45, 7) is 5.10. The summed E-state index contributed by atoms with van der Waals surface area (Å²) in [4.78, 5) is 31.7. The Morgan fingerprint density at radius 1 is 0.733 bits per heavy atom. The molecule has 1 aliphatic carbocycles. The number of amides is 2. The van der Waals surface area contributed by atoms with Crippen LogP contribution in [0.15, 0.2) is 54.6 Å². The number of piperazine rings is 1. The third-order valence-electron chi connectivity index (χ3n) is 6.99. The zero-order valence-corrected chi connectivity index (χ0v) is 17.4. The fourth-order valence-electron chi connectivity index (χ4n) is 4.69. The van der Waals surface area contributed by atoms with Crippen molar-refractivity contribution in [3.05, 3.63) is 60.2 Å². The highest BCUT2D eigenvalue weighted by Gasteiger charge is 2.38. The minimum absolute atomic E-state index is 0.115. The molecule has 0 atom stereocenters. The van der Waals surface area contributed by atoms with E-state index >= 15 is 0 Å². The third-order valence-corrected chi connectivity index (χ3v) is 6.99. The third kappa shape index (κ3) is 3.74. The monoisotopic (exact) mass is 403 g/mol. The number of carbonyl (C=O) groups is 2. The predicted molar refractivity (Wildman–Crippen MR) is 117 cm³/mol.